The van der Waals surface area contributed by atoms with Crippen LogP contribution in [-0.4, -0.2) is 35.7 Å². The Balaban J connectivity index is 2.09. The maximum absolute atomic E-state index is 13.0. The molecule has 27 heavy (non-hydrogen) atoms. The second kappa shape index (κ2) is 7.36. The van der Waals surface area contributed by atoms with Crippen LogP contribution in [0.4, 0.5) is 5.69 Å². The van der Waals surface area contributed by atoms with Crippen LogP contribution in [0.3, 0.4) is 0 Å². The van der Waals surface area contributed by atoms with Gasteiger partial charge in [-0.25, -0.2) is 4.79 Å². The predicted octanol–water partition coefficient (Wildman–Crippen LogP) is 4.72. The monoisotopic (exact) mass is 438 g/mol. The van der Waals surface area contributed by atoms with Gasteiger partial charge in [0.05, 0.1) is 27.6 Å². The van der Waals surface area contributed by atoms with E-state index in [9.17, 15) is 4.79 Å². The molecule has 0 bridgehead atoms. The van der Waals surface area contributed by atoms with Crippen molar-refractivity contribution in [3.63, 3.8) is 0 Å². The molecule has 0 aromatic carbocycles. The van der Waals surface area contributed by atoms with Gasteiger partial charge in [-0.15, -0.1) is 0 Å². The number of piperidine rings is 1. The summed E-state index contributed by atoms with van der Waals surface area (Å²) in [7, 11) is 0. The summed E-state index contributed by atoms with van der Waals surface area (Å²) < 4.78 is 12.7. The highest BCUT2D eigenvalue weighted by atomic mass is 79.9. The Hall–Kier alpha value is -1.14. The fourth-order valence-electron chi connectivity index (χ4n) is 3.90. The van der Waals surface area contributed by atoms with E-state index in [0.717, 1.165) is 52.0 Å². The summed E-state index contributed by atoms with van der Waals surface area (Å²) >= 11 is 3.75. The molecule has 1 saturated heterocycles. The number of aryl methyl sites for hydroxylation is 2. The number of pyridine rings is 1. The summed E-state index contributed by atoms with van der Waals surface area (Å²) in [6.45, 7) is 15.6. The van der Waals surface area contributed by atoms with Crippen LogP contribution in [0.2, 0.25) is 0 Å². The summed E-state index contributed by atoms with van der Waals surface area (Å²) in [5.74, 6) is 1.21. The lowest BCUT2D eigenvalue weighted by Crippen LogP contribution is -2.33. The molecule has 1 aromatic heterocycles. The van der Waals surface area contributed by atoms with Crippen molar-refractivity contribution in [2.45, 2.75) is 72.7 Å². The van der Waals surface area contributed by atoms with Gasteiger partial charge in [0.15, 0.2) is 6.10 Å². The van der Waals surface area contributed by atoms with E-state index in [2.05, 4.69) is 25.8 Å². The first-order valence-corrected chi connectivity index (χ1v) is 10.6. The normalized spacial score (nSPS) is 22.8. The van der Waals surface area contributed by atoms with Gasteiger partial charge in [-0.1, -0.05) is 0 Å². The van der Waals surface area contributed by atoms with Gasteiger partial charge in [0.25, 0.3) is 0 Å². The highest BCUT2D eigenvalue weighted by molar-refractivity contribution is 9.10. The fourth-order valence-corrected chi connectivity index (χ4v) is 4.45. The number of hydrogen-bond acceptors (Lipinski definition) is 5. The Morgan fingerprint density at radius 1 is 1.19 bits per heavy atom. The summed E-state index contributed by atoms with van der Waals surface area (Å²) in [6.07, 6.45) is 0.321. The van der Waals surface area contributed by atoms with E-state index in [-0.39, 0.29) is 12.1 Å². The van der Waals surface area contributed by atoms with E-state index in [1.54, 1.807) is 0 Å². The molecule has 0 amide bonds. The Kier molecular flexibility index (Phi) is 5.61. The minimum absolute atomic E-state index is 0.200. The predicted molar refractivity (Wildman–Crippen MR) is 110 cm³/mol. The Morgan fingerprint density at radius 3 is 2.30 bits per heavy atom. The second-order valence-corrected chi connectivity index (χ2v) is 9.91. The highest BCUT2D eigenvalue weighted by Gasteiger charge is 2.47. The van der Waals surface area contributed by atoms with E-state index in [0.29, 0.717) is 0 Å². The quantitative estimate of drug-likeness (QED) is 0.622. The third-order valence-electron chi connectivity index (χ3n) is 5.10. The van der Waals surface area contributed by atoms with Crippen molar-refractivity contribution < 1.29 is 14.3 Å². The van der Waals surface area contributed by atoms with Gasteiger partial charge in [-0.3, -0.25) is 4.98 Å². The number of rotatable bonds is 5. The van der Waals surface area contributed by atoms with Crippen LogP contribution in [0.1, 0.15) is 64.1 Å². The van der Waals surface area contributed by atoms with E-state index in [1.165, 1.54) is 6.42 Å². The molecule has 3 atom stereocenters. The van der Waals surface area contributed by atoms with Gasteiger partial charge in [-0.05, 0) is 82.7 Å². The molecule has 2 heterocycles. The minimum atomic E-state index is -0.802. The average molecular weight is 439 g/mol. The van der Waals surface area contributed by atoms with Crippen molar-refractivity contribution in [1.82, 2.24) is 4.98 Å². The molecule has 150 valence electrons. The summed E-state index contributed by atoms with van der Waals surface area (Å²) in [5, 5.41) is 0. The molecule has 1 saturated carbocycles. The fraction of sp³-hybridized carbons (Fsp3) is 0.714. The van der Waals surface area contributed by atoms with Gasteiger partial charge in [0, 0.05) is 24.3 Å². The van der Waals surface area contributed by atoms with E-state index in [1.807, 2.05) is 48.5 Å². The van der Waals surface area contributed by atoms with Gasteiger partial charge >= 0.3 is 5.97 Å². The zero-order chi connectivity index (χ0) is 20.1. The molecule has 0 radical (unpaired) electrons. The summed E-state index contributed by atoms with van der Waals surface area (Å²) in [5.41, 5.74) is 3.13. The molecule has 6 heteroatoms. The minimum Gasteiger partial charge on any atom is -0.461 e. The highest BCUT2D eigenvalue weighted by Crippen LogP contribution is 2.50. The molecular formula is C21H31BrN2O3. The average Bonchev–Trinajstić information content (AvgIpc) is 3.13. The van der Waals surface area contributed by atoms with Gasteiger partial charge < -0.3 is 14.4 Å². The first-order chi connectivity index (χ1) is 12.5. The molecule has 3 rings (SSSR count). The maximum atomic E-state index is 13.0. The molecule has 1 aromatic rings. The van der Waals surface area contributed by atoms with Crippen molar-refractivity contribution in [2.75, 3.05) is 18.0 Å². The first kappa shape index (κ1) is 20.6. The Morgan fingerprint density at radius 2 is 1.78 bits per heavy atom. The molecule has 1 aliphatic heterocycles. The molecule has 3 unspecified atom stereocenters. The third-order valence-corrected chi connectivity index (χ3v) is 6.05. The first-order valence-electron chi connectivity index (χ1n) is 9.77. The number of carbonyl (C=O) groups is 1. The van der Waals surface area contributed by atoms with Crippen molar-refractivity contribution in [1.29, 1.82) is 0 Å². The van der Waals surface area contributed by atoms with Crippen molar-refractivity contribution in [3.05, 3.63) is 21.4 Å². The number of esters is 1. The number of hydrogen-bond donors (Lipinski definition) is 0. The van der Waals surface area contributed by atoms with Gasteiger partial charge in [0.2, 0.25) is 0 Å². The zero-order valence-corrected chi connectivity index (χ0v) is 19.0. The van der Waals surface area contributed by atoms with Crippen LogP contribution < -0.4 is 4.90 Å². The molecular weight excluding hydrogens is 408 g/mol. The van der Waals surface area contributed by atoms with Crippen molar-refractivity contribution in [2.24, 2.45) is 11.8 Å². The number of halogens is 1. The summed E-state index contributed by atoms with van der Waals surface area (Å²) in [6, 6.07) is 0. The molecule has 1 aliphatic carbocycles. The SMILES string of the molecule is Cc1nc(C)c(C(OC(C)(C)C)C(=O)OC(C)C)c(N2CC3CC3C2)c1Br. The van der Waals surface area contributed by atoms with E-state index >= 15 is 0 Å². The number of carbonyl (C=O) groups excluding carboxylic acids is 1. The van der Waals surface area contributed by atoms with Gasteiger partial charge in [-0.2, -0.15) is 0 Å². The third kappa shape index (κ3) is 4.48. The number of ether oxygens (including phenoxy) is 2. The molecule has 0 spiro atoms. The largest absolute Gasteiger partial charge is 0.461 e. The van der Waals surface area contributed by atoms with Crippen LogP contribution in [0.5, 0.6) is 0 Å². The summed E-state index contributed by atoms with van der Waals surface area (Å²) in [4.78, 5) is 20.1. The van der Waals surface area contributed by atoms with Crippen LogP contribution in [0.25, 0.3) is 0 Å². The van der Waals surface area contributed by atoms with Crippen LogP contribution >= 0.6 is 15.9 Å². The number of fused-ring (bicyclic) bond motifs is 1. The number of anilines is 1. The van der Waals surface area contributed by atoms with Crippen molar-refractivity contribution >= 4 is 27.6 Å². The number of aromatic nitrogens is 1. The lowest BCUT2D eigenvalue weighted by Gasteiger charge is -2.33. The van der Waals surface area contributed by atoms with Crippen LogP contribution in [-0.2, 0) is 14.3 Å². The lowest BCUT2D eigenvalue weighted by molar-refractivity contribution is -0.171. The molecule has 2 aliphatic rings. The lowest BCUT2D eigenvalue weighted by atomic mass is 10.0. The van der Waals surface area contributed by atoms with Crippen LogP contribution in [0, 0.1) is 25.7 Å². The van der Waals surface area contributed by atoms with E-state index < -0.39 is 11.7 Å². The molecule has 2 fully saturated rings. The molecule has 5 nitrogen and oxygen atoms in total. The zero-order valence-electron chi connectivity index (χ0n) is 17.4. The van der Waals surface area contributed by atoms with Crippen LogP contribution in [0.15, 0.2) is 4.47 Å². The second-order valence-electron chi connectivity index (χ2n) is 9.12. The standard InChI is InChI=1S/C21H31BrN2O3/c1-11(2)26-20(25)19(27-21(5,6)7)16-12(3)23-13(4)17(22)18(16)24-9-14-8-15(14)10-24/h11,14-15,19H,8-10H2,1-7H3. The topological polar surface area (TPSA) is 51.7 Å². The Bertz CT molecular complexity index is 732. The smallest absolute Gasteiger partial charge is 0.340 e. The number of nitrogens with zero attached hydrogens (tertiary/aromatic N) is 2. The van der Waals surface area contributed by atoms with Gasteiger partial charge in [0.1, 0.15) is 0 Å². The van der Waals surface area contributed by atoms with E-state index in [4.69, 9.17) is 9.47 Å². The molecule has 0 N–H and O–H groups in total. The Labute approximate surface area is 170 Å². The maximum Gasteiger partial charge on any atom is 0.340 e. The van der Waals surface area contributed by atoms with Crippen molar-refractivity contribution in [3.8, 4) is 0 Å².